The molecule has 0 unspecified atom stereocenters. The van der Waals surface area contributed by atoms with Crippen molar-refractivity contribution in [3.05, 3.63) is 59.7 Å². The Bertz CT molecular complexity index is 708. The van der Waals surface area contributed by atoms with Crippen molar-refractivity contribution in [1.29, 1.82) is 0 Å². The molecule has 28 heavy (non-hydrogen) atoms. The molecular weight excluding hydrogens is 370 g/mol. The van der Waals surface area contributed by atoms with E-state index in [1.165, 1.54) is 5.56 Å². The lowest BCUT2D eigenvalue weighted by Gasteiger charge is -2.33. The minimum atomic E-state index is 0. The van der Waals surface area contributed by atoms with Gasteiger partial charge in [0, 0.05) is 12.1 Å². The molecule has 0 aliphatic heterocycles. The molecule has 0 aliphatic rings. The third-order valence-corrected chi connectivity index (χ3v) is 4.29. The molecular formula is C24H36ClNO2. The summed E-state index contributed by atoms with van der Waals surface area (Å²) in [6.07, 6.45) is 1.11. The van der Waals surface area contributed by atoms with Crippen molar-refractivity contribution in [3.8, 4) is 11.5 Å². The van der Waals surface area contributed by atoms with E-state index in [9.17, 15) is 0 Å². The van der Waals surface area contributed by atoms with Gasteiger partial charge >= 0.3 is 0 Å². The SMILES string of the molecule is CCOc1cc(CNC(C)(C)CC(C)(C)C)ccc1OCc1ccccc1.Cl. The predicted octanol–water partition coefficient (Wildman–Crippen LogP) is 6.39. The van der Waals surface area contributed by atoms with Crippen molar-refractivity contribution < 1.29 is 9.47 Å². The van der Waals surface area contributed by atoms with Crippen LogP contribution in [0.3, 0.4) is 0 Å². The van der Waals surface area contributed by atoms with Gasteiger partial charge in [-0.1, -0.05) is 57.2 Å². The normalized spacial score (nSPS) is 11.6. The van der Waals surface area contributed by atoms with Crippen molar-refractivity contribution in [1.82, 2.24) is 5.32 Å². The fraction of sp³-hybridized carbons (Fsp3) is 0.500. The summed E-state index contributed by atoms with van der Waals surface area (Å²) in [6.45, 7) is 15.3. The fourth-order valence-electron chi connectivity index (χ4n) is 3.51. The van der Waals surface area contributed by atoms with Gasteiger partial charge in [-0.05, 0) is 55.9 Å². The van der Waals surface area contributed by atoms with Gasteiger partial charge in [0.05, 0.1) is 6.61 Å². The standard InChI is InChI=1S/C24H35NO2.ClH/c1-7-26-22-15-20(16-25-24(5,6)18-23(2,3)4)13-14-21(22)27-17-19-11-9-8-10-12-19;/h8-15,25H,7,16-18H2,1-6H3;1H. The van der Waals surface area contributed by atoms with E-state index in [0.717, 1.165) is 30.0 Å². The monoisotopic (exact) mass is 405 g/mol. The molecule has 0 bridgehead atoms. The molecule has 2 rings (SSSR count). The van der Waals surface area contributed by atoms with Gasteiger partial charge in [-0.3, -0.25) is 0 Å². The van der Waals surface area contributed by atoms with E-state index in [2.05, 4.69) is 64.2 Å². The van der Waals surface area contributed by atoms with Crippen LogP contribution in [0.15, 0.2) is 48.5 Å². The second-order valence-corrected chi connectivity index (χ2v) is 8.96. The van der Waals surface area contributed by atoms with Gasteiger partial charge in [-0.15, -0.1) is 12.4 Å². The largest absolute Gasteiger partial charge is 0.490 e. The fourth-order valence-corrected chi connectivity index (χ4v) is 3.51. The van der Waals surface area contributed by atoms with Crippen molar-refractivity contribution >= 4 is 12.4 Å². The summed E-state index contributed by atoms with van der Waals surface area (Å²) in [5.41, 5.74) is 2.72. The smallest absolute Gasteiger partial charge is 0.161 e. The lowest BCUT2D eigenvalue weighted by molar-refractivity contribution is 0.240. The first-order chi connectivity index (χ1) is 12.7. The van der Waals surface area contributed by atoms with Crippen molar-refractivity contribution in [2.75, 3.05) is 6.61 Å². The van der Waals surface area contributed by atoms with Crippen LogP contribution in [0.5, 0.6) is 11.5 Å². The lowest BCUT2D eigenvalue weighted by Crippen LogP contribution is -2.41. The highest BCUT2D eigenvalue weighted by molar-refractivity contribution is 5.85. The summed E-state index contributed by atoms with van der Waals surface area (Å²) >= 11 is 0. The van der Waals surface area contributed by atoms with E-state index >= 15 is 0 Å². The lowest BCUT2D eigenvalue weighted by atomic mass is 9.82. The summed E-state index contributed by atoms with van der Waals surface area (Å²) in [5, 5.41) is 3.68. The highest BCUT2D eigenvalue weighted by Crippen LogP contribution is 2.30. The number of rotatable bonds is 9. The first-order valence-corrected chi connectivity index (χ1v) is 9.86. The van der Waals surface area contributed by atoms with E-state index in [1.807, 2.05) is 31.2 Å². The molecule has 4 heteroatoms. The third kappa shape index (κ3) is 8.53. The molecule has 0 fully saturated rings. The van der Waals surface area contributed by atoms with Crippen molar-refractivity contribution in [2.45, 2.75) is 66.7 Å². The van der Waals surface area contributed by atoms with Crippen LogP contribution in [0, 0.1) is 5.41 Å². The van der Waals surface area contributed by atoms with Crippen molar-refractivity contribution in [2.24, 2.45) is 5.41 Å². The van der Waals surface area contributed by atoms with Gasteiger partial charge in [0.1, 0.15) is 6.61 Å². The van der Waals surface area contributed by atoms with Gasteiger partial charge in [0.25, 0.3) is 0 Å². The van der Waals surface area contributed by atoms with Crippen LogP contribution >= 0.6 is 12.4 Å². The first-order valence-electron chi connectivity index (χ1n) is 9.86. The zero-order valence-corrected chi connectivity index (χ0v) is 19.0. The van der Waals surface area contributed by atoms with Gasteiger partial charge in [-0.25, -0.2) is 0 Å². The molecule has 156 valence electrons. The maximum absolute atomic E-state index is 6.00. The Hall–Kier alpha value is -1.71. The zero-order chi connectivity index (χ0) is 19.9. The summed E-state index contributed by atoms with van der Waals surface area (Å²) in [7, 11) is 0. The maximum Gasteiger partial charge on any atom is 0.161 e. The van der Waals surface area contributed by atoms with Crippen molar-refractivity contribution in [3.63, 3.8) is 0 Å². The maximum atomic E-state index is 6.00. The second kappa shape index (κ2) is 10.7. The Balaban J connectivity index is 0.00000392. The average Bonchev–Trinajstić information content (AvgIpc) is 2.58. The van der Waals surface area contributed by atoms with Crippen LogP contribution in [0.4, 0.5) is 0 Å². The molecule has 0 amide bonds. The average molecular weight is 406 g/mol. The zero-order valence-electron chi connectivity index (χ0n) is 18.2. The molecule has 0 saturated heterocycles. The Morgan fingerprint density at radius 1 is 0.821 bits per heavy atom. The molecule has 0 aromatic heterocycles. The highest BCUT2D eigenvalue weighted by atomic mass is 35.5. The van der Waals surface area contributed by atoms with E-state index in [4.69, 9.17) is 9.47 Å². The minimum absolute atomic E-state index is 0. The van der Waals surface area contributed by atoms with Gasteiger partial charge in [-0.2, -0.15) is 0 Å². The predicted molar refractivity (Wildman–Crippen MR) is 121 cm³/mol. The Kier molecular flexibility index (Phi) is 9.32. The van der Waals surface area contributed by atoms with Crippen LogP contribution in [0.25, 0.3) is 0 Å². The number of nitrogens with one attached hydrogen (secondary N) is 1. The molecule has 0 saturated carbocycles. The summed E-state index contributed by atoms with van der Waals surface area (Å²) in [6, 6.07) is 16.4. The molecule has 2 aromatic carbocycles. The minimum Gasteiger partial charge on any atom is -0.490 e. The van der Waals surface area contributed by atoms with Gasteiger partial charge in [0.15, 0.2) is 11.5 Å². The summed E-state index contributed by atoms with van der Waals surface area (Å²) < 4.78 is 11.8. The first kappa shape index (κ1) is 24.3. The summed E-state index contributed by atoms with van der Waals surface area (Å²) in [5.74, 6) is 1.60. The van der Waals surface area contributed by atoms with Crippen LogP contribution in [0.2, 0.25) is 0 Å². The van der Waals surface area contributed by atoms with E-state index in [-0.39, 0.29) is 17.9 Å². The Morgan fingerprint density at radius 3 is 2.11 bits per heavy atom. The van der Waals surface area contributed by atoms with Crippen LogP contribution in [-0.2, 0) is 13.2 Å². The highest BCUT2D eigenvalue weighted by Gasteiger charge is 2.24. The molecule has 0 radical (unpaired) electrons. The molecule has 0 atom stereocenters. The van der Waals surface area contributed by atoms with E-state index < -0.39 is 0 Å². The molecule has 2 aromatic rings. The number of hydrogen-bond acceptors (Lipinski definition) is 3. The Morgan fingerprint density at radius 2 is 1.50 bits per heavy atom. The van der Waals surface area contributed by atoms with Crippen LogP contribution in [0.1, 0.15) is 59.1 Å². The molecule has 0 spiro atoms. The van der Waals surface area contributed by atoms with Crippen LogP contribution < -0.4 is 14.8 Å². The molecule has 0 heterocycles. The number of benzene rings is 2. The van der Waals surface area contributed by atoms with Gasteiger partial charge < -0.3 is 14.8 Å². The third-order valence-electron chi connectivity index (χ3n) is 4.29. The Labute approximate surface area is 177 Å². The molecule has 3 nitrogen and oxygen atoms in total. The number of ether oxygens (including phenoxy) is 2. The molecule has 1 N–H and O–H groups in total. The number of halogens is 1. The summed E-state index contributed by atoms with van der Waals surface area (Å²) in [4.78, 5) is 0. The number of hydrogen-bond donors (Lipinski definition) is 1. The van der Waals surface area contributed by atoms with Crippen LogP contribution in [-0.4, -0.2) is 12.1 Å². The van der Waals surface area contributed by atoms with Gasteiger partial charge in [0.2, 0.25) is 0 Å². The quantitative estimate of drug-likeness (QED) is 0.524. The van der Waals surface area contributed by atoms with E-state index in [1.54, 1.807) is 0 Å². The topological polar surface area (TPSA) is 30.5 Å². The molecule has 0 aliphatic carbocycles. The second-order valence-electron chi connectivity index (χ2n) is 8.96. The van der Waals surface area contributed by atoms with E-state index in [0.29, 0.717) is 18.6 Å².